The van der Waals surface area contributed by atoms with Gasteiger partial charge in [-0.2, -0.15) is 13.2 Å². The quantitative estimate of drug-likeness (QED) is 0.176. The second kappa shape index (κ2) is 9.83. The van der Waals surface area contributed by atoms with Crippen LogP contribution in [0.15, 0.2) is 76.1 Å². The fraction of sp³-hybridized carbons (Fsp3) is 0.125. The summed E-state index contributed by atoms with van der Waals surface area (Å²) in [7, 11) is -3.16. The molecule has 0 aliphatic carbocycles. The molecular weight excluding hydrogens is 586 g/mol. The lowest BCUT2D eigenvalue weighted by Crippen LogP contribution is -2.30. The van der Waals surface area contributed by atoms with E-state index >= 15 is 0 Å². The number of carbonyl (C=O) groups is 1. The van der Waals surface area contributed by atoms with Crippen LogP contribution in [0, 0.1) is 5.82 Å². The van der Waals surface area contributed by atoms with Crippen molar-refractivity contribution < 1.29 is 35.5 Å². The first kappa shape index (κ1) is 26.1. The summed E-state index contributed by atoms with van der Waals surface area (Å²) in [6.45, 7) is -0.504. The van der Waals surface area contributed by atoms with Gasteiger partial charge in [0.2, 0.25) is 0 Å². The van der Waals surface area contributed by atoms with E-state index in [0.29, 0.717) is 22.0 Å². The average Bonchev–Trinajstić information content (AvgIpc) is 3.18. The molecule has 0 aliphatic heterocycles. The zero-order chi connectivity index (χ0) is 26.3. The number of hydrogen-bond acceptors (Lipinski definition) is 5. The first-order valence-corrected chi connectivity index (χ1v) is 13.2. The van der Waals surface area contributed by atoms with E-state index in [0.717, 1.165) is 26.4 Å². The van der Waals surface area contributed by atoms with Crippen molar-refractivity contribution in [2.75, 3.05) is 11.4 Å². The van der Waals surface area contributed by atoms with E-state index in [1.54, 1.807) is 24.3 Å². The number of anilines is 1. The van der Waals surface area contributed by atoms with Crippen LogP contribution in [0.1, 0.15) is 21.5 Å². The Labute approximate surface area is 216 Å². The third-order valence-corrected chi connectivity index (χ3v) is 9.40. The van der Waals surface area contributed by atoms with Crippen LogP contribution in [0.4, 0.5) is 22.6 Å². The molecule has 188 valence electrons. The maximum Gasteiger partial charge on any atom is 0.419 e. The number of ether oxygens (including phenoxy) is 1. The van der Waals surface area contributed by atoms with Crippen LogP contribution < -0.4 is 4.31 Å². The fourth-order valence-corrected chi connectivity index (χ4v) is 7.31. The Hall–Kier alpha value is -2.96. The zero-order valence-corrected chi connectivity index (χ0v) is 21.6. The molecule has 3 aromatic carbocycles. The summed E-state index contributed by atoms with van der Waals surface area (Å²) in [6, 6.07) is 14.4. The Morgan fingerprint density at radius 2 is 1.72 bits per heavy atom. The van der Waals surface area contributed by atoms with Gasteiger partial charge in [-0.1, -0.05) is 24.3 Å². The number of carbonyl (C=O) groups excluding carboxylic acids is 1. The lowest BCUT2D eigenvalue weighted by Gasteiger charge is -2.24. The summed E-state index contributed by atoms with van der Waals surface area (Å²) in [4.78, 5) is 11.5. The maximum atomic E-state index is 13.9. The summed E-state index contributed by atoms with van der Waals surface area (Å²) in [5.41, 5.74) is -1.43. The highest BCUT2D eigenvalue weighted by molar-refractivity contribution is 9.10. The molecule has 0 radical (unpaired) electrons. The van der Waals surface area contributed by atoms with E-state index in [1.165, 1.54) is 31.4 Å². The van der Waals surface area contributed by atoms with Crippen molar-refractivity contribution in [2.24, 2.45) is 0 Å². The van der Waals surface area contributed by atoms with Crippen molar-refractivity contribution in [3.63, 3.8) is 0 Å². The van der Waals surface area contributed by atoms with Crippen molar-refractivity contribution in [1.82, 2.24) is 0 Å². The van der Waals surface area contributed by atoms with Gasteiger partial charge in [-0.3, -0.25) is 4.31 Å². The van der Waals surface area contributed by atoms with Gasteiger partial charge in [-0.05, 0) is 64.0 Å². The molecule has 0 saturated carbocycles. The predicted octanol–water partition coefficient (Wildman–Crippen LogP) is 7.00. The Kier molecular flexibility index (Phi) is 7.13. The number of benzene rings is 3. The van der Waals surface area contributed by atoms with Gasteiger partial charge in [0, 0.05) is 10.1 Å². The Morgan fingerprint density at radius 1 is 1.06 bits per heavy atom. The highest BCUT2D eigenvalue weighted by Crippen LogP contribution is 2.44. The highest BCUT2D eigenvalue weighted by atomic mass is 79.9. The molecule has 4 aromatic rings. The topological polar surface area (TPSA) is 63.7 Å². The minimum absolute atomic E-state index is 0.0668. The third kappa shape index (κ3) is 4.97. The van der Waals surface area contributed by atoms with Gasteiger partial charge in [0.05, 0.1) is 34.1 Å². The molecule has 36 heavy (non-hydrogen) atoms. The Balaban J connectivity index is 1.86. The van der Waals surface area contributed by atoms with Crippen LogP contribution in [-0.4, -0.2) is 21.5 Å². The number of methoxy groups -OCH3 is 1. The molecule has 0 saturated heterocycles. The summed E-state index contributed by atoms with van der Waals surface area (Å²) in [6.07, 6.45) is -4.95. The second-order valence-corrected chi connectivity index (χ2v) is 11.2. The standard InChI is InChI=1S/C24H16BrF4NO4S2/c1-34-23(31)15-7-9-16(10-8-15)36(32,33)30(22-21(25)17-4-2-3-5-20(17)35-22)13-14-6-11-19(26)18(12-14)24(27,28)29/h2-12H,13H2,1H3. The van der Waals surface area contributed by atoms with Crippen molar-refractivity contribution in [3.05, 3.63) is 93.7 Å². The molecule has 1 heterocycles. The van der Waals surface area contributed by atoms with Gasteiger partial charge in [0.1, 0.15) is 10.8 Å². The van der Waals surface area contributed by atoms with Crippen LogP contribution in [0.25, 0.3) is 10.1 Å². The lowest BCUT2D eigenvalue weighted by atomic mass is 10.1. The number of hydrogen-bond donors (Lipinski definition) is 0. The van der Waals surface area contributed by atoms with Gasteiger partial charge in [0.25, 0.3) is 10.0 Å². The van der Waals surface area contributed by atoms with E-state index in [2.05, 4.69) is 20.7 Å². The van der Waals surface area contributed by atoms with Crippen molar-refractivity contribution in [1.29, 1.82) is 0 Å². The van der Waals surface area contributed by atoms with Crippen LogP contribution in [0.2, 0.25) is 0 Å². The van der Waals surface area contributed by atoms with Gasteiger partial charge in [-0.15, -0.1) is 11.3 Å². The van der Waals surface area contributed by atoms with Gasteiger partial charge in [-0.25, -0.2) is 17.6 Å². The molecule has 1 aromatic heterocycles. The number of thiophene rings is 1. The number of rotatable bonds is 6. The number of halogens is 5. The molecule has 5 nitrogen and oxygen atoms in total. The molecule has 0 atom stereocenters. The Bertz CT molecular complexity index is 1550. The highest BCUT2D eigenvalue weighted by Gasteiger charge is 2.35. The minimum Gasteiger partial charge on any atom is -0.465 e. The molecule has 4 rings (SSSR count). The van der Waals surface area contributed by atoms with Crippen LogP contribution >= 0.6 is 27.3 Å². The van der Waals surface area contributed by atoms with Crippen LogP contribution in [-0.2, 0) is 27.5 Å². The van der Waals surface area contributed by atoms with E-state index in [1.807, 2.05) is 0 Å². The summed E-state index contributed by atoms with van der Waals surface area (Å²) >= 11 is 4.56. The lowest BCUT2D eigenvalue weighted by molar-refractivity contribution is -0.140. The molecular formula is C24H16BrF4NO4S2. The smallest absolute Gasteiger partial charge is 0.419 e. The average molecular weight is 602 g/mol. The van der Waals surface area contributed by atoms with Crippen molar-refractivity contribution >= 4 is 58.3 Å². The van der Waals surface area contributed by atoms with Gasteiger partial charge in [0.15, 0.2) is 0 Å². The Morgan fingerprint density at radius 3 is 2.33 bits per heavy atom. The van der Waals surface area contributed by atoms with Gasteiger partial charge < -0.3 is 4.74 Å². The molecule has 0 spiro atoms. The molecule has 0 amide bonds. The third-order valence-electron chi connectivity index (χ3n) is 5.27. The maximum absolute atomic E-state index is 13.9. The molecule has 0 fully saturated rings. The predicted molar refractivity (Wildman–Crippen MR) is 132 cm³/mol. The normalized spacial score (nSPS) is 12.1. The fourth-order valence-electron chi connectivity index (χ4n) is 3.49. The number of esters is 1. The SMILES string of the molecule is COC(=O)c1ccc(S(=O)(=O)N(Cc2ccc(F)c(C(F)(F)F)c2)c2sc3ccccc3c2Br)cc1. The van der Waals surface area contributed by atoms with Crippen molar-refractivity contribution in [3.8, 4) is 0 Å². The second-order valence-electron chi connectivity index (χ2n) is 7.56. The number of fused-ring (bicyclic) bond motifs is 1. The minimum atomic E-state index is -4.95. The zero-order valence-electron chi connectivity index (χ0n) is 18.3. The molecule has 0 bridgehead atoms. The number of nitrogens with zero attached hydrogens (tertiary/aromatic N) is 1. The summed E-state index contributed by atoms with van der Waals surface area (Å²) in [5.74, 6) is -2.11. The summed E-state index contributed by atoms with van der Waals surface area (Å²) < 4.78 is 88.1. The van der Waals surface area contributed by atoms with Crippen LogP contribution in [0.5, 0.6) is 0 Å². The summed E-state index contributed by atoms with van der Waals surface area (Å²) in [5, 5.41) is 0.944. The van der Waals surface area contributed by atoms with E-state index in [9.17, 15) is 30.8 Å². The van der Waals surface area contributed by atoms with Crippen molar-refractivity contribution in [2.45, 2.75) is 17.6 Å². The molecule has 12 heteroatoms. The molecule has 0 unspecified atom stereocenters. The van der Waals surface area contributed by atoms with E-state index in [4.69, 9.17) is 0 Å². The van der Waals surface area contributed by atoms with E-state index < -0.39 is 40.1 Å². The largest absolute Gasteiger partial charge is 0.465 e. The molecule has 0 aliphatic rings. The van der Waals surface area contributed by atoms with Gasteiger partial charge >= 0.3 is 12.1 Å². The first-order chi connectivity index (χ1) is 16.9. The first-order valence-electron chi connectivity index (χ1n) is 10.2. The van der Waals surface area contributed by atoms with E-state index in [-0.39, 0.29) is 21.0 Å². The number of sulfonamides is 1. The monoisotopic (exact) mass is 601 g/mol. The number of alkyl halides is 3. The van der Waals surface area contributed by atoms with Crippen LogP contribution in [0.3, 0.4) is 0 Å². The molecule has 0 N–H and O–H groups in total.